The van der Waals surface area contributed by atoms with E-state index in [0.29, 0.717) is 43.7 Å². The maximum atomic E-state index is 11.2. The second kappa shape index (κ2) is 13.1. The first-order valence-corrected chi connectivity index (χ1v) is 10.9. The fourth-order valence-corrected chi connectivity index (χ4v) is 3.51. The Hall–Kier alpha value is -2.69. The third-order valence-electron chi connectivity index (χ3n) is 4.87. The van der Waals surface area contributed by atoms with Gasteiger partial charge in [-0.2, -0.15) is 0 Å². The molecule has 1 amide bonds. The zero-order chi connectivity index (χ0) is 22.9. The number of benzene rings is 2. The second-order valence-corrected chi connectivity index (χ2v) is 7.54. The van der Waals surface area contributed by atoms with E-state index in [9.17, 15) is 4.79 Å². The van der Waals surface area contributed by atoms with Crippen LogP contribution < -0.4 is 30.2 Å². The van der Waals surface area contributed by atoms with Gasteiger partial charge in [-0.3, -0.25) is 9.79 Å². The van der Waals surface area contributed by atoms with Crippen LogP contribution in [0, 0.1) is 0 Å². The lowest BCUT2D eigenvalue weighted by Gasteiger charge is -2.16. The monoisotopic (exact) mass is 568 g/mol. The number of ether oxygens (including phenoxy) is 3. The Kier molecular flexibility index (Phi) is 10.6. The van der Waals surface area contributed by atoms with Gasteiger partial charge in [0, 0.05) is 49.8 Å². The Morgan fingerprint density at radius 2 is 2.03 bits per heavy atom. The van der Waals surface area contributed by atoms with E-state index in [1.807, 2.05) is 25.1 Å². The van der Waals surface area contributed by atoms with E-state index in [2.05, 4.69) is 40.0 Å². The quantitative estimate of drug-likeness (QED) is 0.185. The molecule has 1 atom stereocenters. The van der Waals surface area contributed by atoms with Crippen molar-refractivity contribution in [1.82, 2.24) is 10.6 Å². The summed E-state index contributed by atoms with van der Waals surface area (Å²) >= 11 is 0. The third-order valence-corrected chi connectivity index (χ3v) is 4.87. The van der Waals surface area contributed by atoms with Crippen molar-refractivity contribution in [3.8, 4) is 17.2 Å². The van der Waals surface area contributed by atoms with E-state index in [1.165, 1.54) is 12.5 Å². The van der Waals surface area contributed by atoms with Crippen molar-refractivity contribution >= 4 is 41.5 Å². The van der Waals surface area contributed by atoms with E-state index < -0.39 is 0 Å². The van der Waals surface area contributed by atoms with Crippen LogP contribution in [-0.2, 0) is 17.8 Å². The van der Waals surface area contributed by atoms with Gasteiger partial charge in [0.25, 0.3) is 0 Å². The molecule has 180 valence electrons. The molecule has 2 aromatic rings. The zero-order valence-electron chi connectivity index (χ0n) is 19.6. The summed E-state index contributed by atoms with van der Waals surface area (Å²) in [6.45, 7) is 7.70. The molecular weight excluding hydrogens is 535 g/mol. The van der Waals surface area contributed by atoms with Crippen molar-refractivity contribution in [2.75, 3.05) is 32.1 Å². The smallest absolute Gasteiger partial charge is 0.221 e. The van der Waals surface area contributed by atoms with Gasteiger partial charge in [-0.05, 0) is 38.1 Å². The lowest BCUT2D eigenvalue weighted by Crippen LogP contribution is -2.39. The molecule has 0 spiro atoms. The van der Waals surface area contributed by atoms with Crippen LogP contribution in [0.3, 0.4) is 0 Å². The van der Waals surface area contributed by atoms with Gasteiger partial charge >= 0.3 is 0 Å². The summed E-state index contributed by atoms with van der Waals surface area (Å²) in [6, 6.07) is 11.4. The number of aliphatic imine (C=N–C) groups is 1. The van der Waals surface area contributed by atoms with E-state index >= 15 is 0 Å². The maximum Gasteiger partial charge on any atom is 0.221 e. The predicted octanol–water partition coefficient (Wildman–Crippen LogP) is 3.73. The van der Waals surface area contributed by atoms with E-state index in [0.717, 1.165) is 23.5 Å². The minimum Gasteiger partial charge on any atom is -0.494 e. The number of fused-ring (bicyclic) bond motifs is 1. The minimum atomic E-state index is -0.115. The van der Waals surface area contributed by atoms with E-state index in [-0.39, 0.29) is 36.0 Å². The largest absolute Gasteiger partial charge is 0.494 e. The Morgan fingerprint density at radius 3 is 2.76 bits per heavy atom. The highest BCUT2D eigenvalue weighted by Gasteiger charge is 2.21. The number of hydrogen-bond acceptors (Lipinski definition) is 5. The van der Waals surface area contributed by atoms with Crippen LogP contribution >= 0.6 is 24.0 Å². The van der Waals surface area contributed by atoms with Crippen LogP contribution in [-0.4, -0.2) is 44.8 Å². The number of rotatable bonds is 9. The van der Waals surface area contributed by atoms with Gasteiger partial charge in [-0.1, -0.05) is 6.07 Å². The molecule has 0 aromatic heterocycles. The molecule has 0 fully saturated rings. The lowest BCUT2D eigenvalue weighted by atomic mass is 10.1. The summed E-state index contributed by atoms with van der Waals surface area (Å²) in [5, 5.41) is 9.30. The molecule has 1 aliphatic rings. The average Bonchev–Trinajstić information content (AvgIpc) is 3.12. The molecule has 0 bridgehead atoms. The van der Waals surface area contributed by atoms with Crippen molar-refractivity contribution in [3.05, 3.63) is 47.5 Å². The number of hydrogen-bond donors (Lipinski definition) is 3. The highest BCUT2D eigenvalue weighted by atomic mass is 127. The standard InChI is InChI=1S/C24H32N4O4.HI/c1-5-30-22-12-18-11-16(2)32-23(18)13-19(22)15-27-24(25-4)26-9-10-31-21-8-6-7-20(14-21)28-17(3)29;/h6-8,12-14,16H,5,9-11,15H2,1-4H3,(H,28,29)(H2,25,26,27);1H. The first-order chi connectivity index (χ1) is 15.5. The van der Waals surface area contributed by atoms with Gasteiger partial charge in [-0.25, -0.2) is 0 Å². The van der Waals surface area contributed by atoms with Crippen molar-refractivity contribution in [3.63, 3.8) is 0 Å². The Balaban J connectivity index is 0.00000385. The SMILES string of the molecule is CCOc1cc2c(cc1CNC(=NC)NCCOc1cccc(NC(C)=O)c1)OC(C)C2.I. The molecule has 2 aromatic carbocycles. The van der Waals surface area contributed by atoms with Crippen molar-refractivity contribution in [1.29, 1.82) is 0 Å². The summed E-state index contributed by atoms with van der Waals surface area (Å²) in [7, 11) is 1.73. The molecule has 1 aliphatic heterocycles. The molecule has 9 heteroatoms. The molecule has 0 radical (unpaired) electrons. The molecule has 0 saturated heterocycles. The summed E-state index contributed by atoms with van der Waals surface area (Å²) in [5.74, 6) is 3.04. The number of guanidine groups is 1. The number of halogens is 1. The molecule has 1 unspecified atom stereocenters. The van der Waals surface area contributed by atoms with Crippen LogP contribution in [0.25, 0.3) is 0 Å². The van der Waals surface area contributed by atoms with Crippen LogP contribution in [0.15, 0.2) is 41.4 Å². The fraction of sp³-hybridized carbons (Fsp3) is 0.417. The summed E-state index contributed by atoms with van der Waals surface area (Å²) in [6.07, 6.45) is 1.09. The molecular formula is C24H33IN4O4. The number of carbonyl (C=O) groups is 1. The van der Waals surface area contributed by atoms with Crippen LogP contribution in [0.1, 0.15) is 31.9 Å². The van der Waals surface area contributed by atoms with Gasteiger partial charge in [0.1, 0.15) is 30.0 Å². The highest BCUT2D eigenvalue weighted by Crippen LogP contribution is 2.35. The first kappa shape index (κ1) is 26.6. The van der Waals surface area contributed by atoms with Gasteiger partial charge < -0.3 is 30.2 Å². The molecule has 0 aliphatic carbocycles. The first-order valence-electron chi connectivity index (χ1n) is 10.9. The number of carbonyl (C=O) groups excluding carboxylic acids is 1. The van der Waals surface area contributed by atoms with Crippen molar-refractivity contribution in [2.24, 2.45) is 4.99 Å². The maximum absolute atomic E-state index is 11.2. The van der Waals surface area contributed by atoms with Gasteiger partial charge in [0.05, 0.1) is 13.2 Å². The highest BCUT2D eigenvalue weighted by molar-refractivity contribution is 14.0. The Bertz CT molecular complexity index is 967. The summed E-state index contributed by atoms with van der Waals surface area (Å²) < 4.78 is 17.5. The predicted molar refractivity (Wildman–Crippen MR) is 141 cm³/mol. The average molecular weight is 568 g/mol. The Labute approximate surface area is 212 Å². The van der Waals surface area contributed by atoms with E-state index in [1.54, 1.807) is 13.1 Å². The number of nitrogens with one attached hydrogen (secondary N) is 3. The van der Waals surface area contributed by atoms with Crippen molar-refractivity contribution in [2.45, 2.75) is 39.8 Å². The molecule has 0 saturated carbocycles. The number of anilines is 1. The number of amides is 1. The van der Waals surface area contributed by atoms with Crippen LogP contribution in [0.5, 0.6) is 17.2 Å². The number of nitrogens with zero attached hydrogens (tertiary/aromatic N) is 1. The summed E-state index contributed by atoms with van der Waals surface area (Å²) in [5.41, 5.74) is 2.92. The zero-order valence-corrected chi connectivity index (χ0v) is 21.9. The minimum absolute atomic E-state index is 0. The summed E-state index contributed by atoms with van der Waals surface area (Å²) in [4.78, 5) is 15.5. The van der Waals surface area contributed by atoms with Gasteiger partial charge in [0.15, 0.2) is 5.96 Å². The molecule has 8 nitrogen and oxygen atoms in total. The van der Waals surface area contributed by atoms with Crippen LogP contribution in [0.2, 0.25) is 0 Å². The fourth-order valence-electron chi connectivity index (χ4n) is 3.51. The second-order valence-electron chi connectivity index (χ2n) is 7.54. The molecule has 3 N–H and O–H groups in total. The molecule has 33 heavy (non-hydrogen) atoms. The molecule has 3 rings (SSSR count). The van der Waals surface area contributed by atoms with Crippen LogP contribution in [0.4, 0.5) is 5.69 Å². The van der Waals surface area contributed by atoms with Crippen molar-refractivity contribution < 1.29 is 19.0 Å². The normalized spacial score (nSPS) is 14.4. The topological polar surface area (TPSA) is 93.2 Å². The lowest BCUT2D eigenvalue weighted by molar-refractivity contribution is -0.114. The van der Waals surface area contributed by atoms with E-state index in [4.69, 9.17) is 14.2 Å². The van der Waals surface area contributed by atoms with Gasteiger partial charge in [-0.15, -0.1) is 24.0 Å². The Morgan fingerprint density at radius 1 is 1.21 bits per heavy atom. The molecule has 1 heterocycles. The van der Waals surface area contributed by atoms with Gasteiger partial charge in [0.2, 0.25) is 5.91 Å². The third kappa shape index (κ3) is 7.99.